The minimum atomic E-state index is -0.534. The smallest absolute Gasteiger partial charge is 0.358 e. The molecular weight excluding hydrogens is 424 g/mol. The Labute approximate surface area is 170 Å². The zero-order chi connectivity index (χ0) is 19.5. The molecule has 1 atom stereocenters. The van der Waals surface area contributed by atoms with Gasteiger partial charge >= 0.3 is 5.97 Å². The van der Waals surface area contributed by atoms with Crippen molar-refractivity contribution in [3.8, 4) is 5.75 Å². The Hall–Kier alpha value is -2.77. The summed E-state index contributed by atoms with van der Waals surface area (Å²) in [5.74, 6) is 0.138. The van der Waals surface area contributed by atoms with Gasteiger partial charge in [-0.1, -0.05) is 46.3 Å². The number of fused-ring (bicyclic) bond motifs is 1. The van der Waals surface area contributed by atoms with Crippen molar-refractivity contribution in [1.82, 2.24) is 9.97 Å². The maximum absolute atomic E-state index is 12.3. The molecule has 28 heavy (non-hydrogen) atoms. The van der Waals surface area contributed by atoms with Crippen molar-refractivity contribution in [3.63, 3.8) is 0 Å². The van der Waals surface area contributed by atoms with Crippen LogP contribution < -0.4 is 4.74 Å². The van der Waals surface area contributed by atoms with Gasteiger partial charge in [0, 0.05) is 27.4 Å². The number of halogens is 1. The van der Waals surface area contributed by atoms with E-state index in [0.717, 1.165) is 26.9 Å². The summed E-state index contributed by atoms with van der Waals surface area (Å²) in [5.41, 5.74) is 3.47. The van der Waals surface area contributed by atoms with Gasteiger partial charge in [-0.2, -0.15) is 0 Å². The van der Waals surface area contributed by atoms with Crippen molar-refractivity contribution in [1.29, 1.82) is 0 Å². The van der Waals surface area contributed by atoms with E-state index in [1.807, 2.05) is 42.5 Å². The summed E-state index contributed by atoms with van der Waals surface area (Å²) in [7, 11) is 0. The fourth-order valence-electron chi connectivity index (χ4n) is 2.87. The average molecular weight is 441 g/mol. The Morgan fingerprint density at radius 2 is 2.04 bits per heavy atom. The number of aryl methyl sites for hydroxylation is 1. The van der Waals surface area contributed by atoms with Gasteiger partial charge in [-0.15, -0.1) is 0 Å². The molecule has 3 aromatic rings. The molecule has 6 nitrogen and oxygen atoms in total. The van der Waals surface area contributed by atoms with Gasteiger partial charge in [-0.25, -0.2) is 9.78 Å². The lowest BCUT2D eigenvalue weighted by Crippen LogP contribution is -2.19. The zero-order valence-corrected chi connectivity index (χ0v) is 16.7. The molecule has 0 fully saturated rings. The van der Waals surface area contributed by atoms with Crippen LogP contribution in [0.3, 0.4) is 0 Å². The fraction of sp³-hybridized carbons (Fsp3) is 0.190. The highest BCUT2D eigenvalue weighted by atomic mass is 79.9. The first-order valence-corrected chi connectivity index (χ1v) is 9.50. The molecule has 0 amide bonds. The maximum Gasteiger partial charge on any atom is 0.358 e. The summed E-state index contributed by atoms with van der Waals surface area (Å²) >= 11 is 3.49. The quantitative estimate of drug-likeness (QED) is 0.555. The zero-order valence-electron chi connectivity index (χ0n) is 15.1. The van der Waals surface area contributed by atoms with Crippen LogP contribution in [0, 0.1) is 6.92 Å². The first-order chi connectivity index (χ1) is 13.6. The normalized spacial score (nSPS) is 15.4. The van der Waals surface area contributed by atoms with Crippen molar-refractivity contribution >= 4 is 21.9 Å². The van der Waals surface area contributed by atoms with Gasteiger partial charge in [0.25, 0.3) is 0 Å². The lowest BCUT2D eigenvalue weighted by Gasteiger charge is -2.28. The number of carbonyl (C=O) groups excluding carboxylic acids is 1. The third-order valence-electron chi connectivity index (χ3n) is 4.24. The lowest BCUT2D eigenvalue weighted by atomic mass is 10.1. The fourth-order valence-corrected chi connectivity index (χ4v) is 3.43. The highest BCUT2D eigenvalue weighted by Gasteiger charge is 2.25. The van der Waals surface area contributed by atoms with Crippen LogP contribution in [-0.2, 0) is 22.7 Å². The number of benzene rings is 2. The highest BCUT2D eigenvalue weighted by molar-refractivity contribution is 9.10. The molecule has 0 spiro atoms. The largest absolute Gasteiger partial charge is 0.460 e. The van der Waals surface area contributed by atoms with Crippen LogP contribution in [0.4, 0.5) is 0 Å². The molecule has 1 aromatic heterocycles. The minimum absolute atomic E-state index is 0.0532. The summed E-state index contributed by atoms with van der Waals surface area (Å²) in [6, 6.07) is 13.5. The van der Waals surface area contributed by atoms with Gasteiger partial charge < -0.3 is 14.2 Å². The van der Waals surface area contributed by atoms with Gasteiger partial charge in [0.2, 0.25) is 6.29 Å². The minimum Gasteiger partial charge on any atom is -0.460 e. The predicted octanol–water partition coefficient (Wildman–Crippen LogP) is 4.51. The Bertz CT molecular complexity index is 993. The number of carbonyl (C=O) groups is 1. The van der Waals surface area contributed by atoms with Crippen LogP contribution in [0.5, 0.6) is 5.75 Å². The molecule has 0 saturated carbocycles. The molecule has 7 heteroatoms. The molecule has 0 saturated heterocycles. The van der Waals surface area contributed by atoms with Gasteiger partial charge in [-0.3, -0.25) is 4.98 Å². The van der Waals surface area contributed by atoms with E-state index in [4.69, 9.17) is 14.2 Å². The standard InChI is InChI=1S/C21H17BrN2O4/c1-13-9-24-18(10-23-13)20(25)26-11-15-7-17(22)8-16-12-27-21(28-19(15)16)14-5-3-2-4-6-14/h2-10,21H,11-12H2,1H3. The van der Waals surface area contributed by atoms with E-state index in [9.17, 15) is 4.79 Å². The van der Waals surface area contributed by atoms with Crippen LogP contribution in [0.2, 0.25) is 0 Å². The number of nitrogens with zero attached hydrogens (tertiary/aromatic N) is 2. The number of aromatic nitrogens is 2. The van der Waals surface area contributed by atoms with E-state index >= 15 is 0 Å². The van der Waals surface area contributed by atoms with Crippen LogP contribution in [-0.4, -0.2) is 15.9 Å². The molecule has 1 unspecified atom stereocenters. The van der Waals surface area contributed by atoms with Crippen LogP contribution in [0.1, 0.15) is 39.2 Å². The molecule has 0 N–H and O–H groups in total. The topological polar surface area (TPSA) is 70.5 Å². The maximum atomic E-state index is 12.3. The van der Waals surface area contributed by atoms with Crippen molar-refractivity contribution < 1.29 is 19.0 Å². The van der Waals surface area contributed by atoms with Crippen LogP contribution in [0.25, 0.3) is 0 Å². The van der Waals surface area contributed by atoms with E-state index < -0.39 is 12.3 Å². The Balaban J connectivity index is 1.54. The van der Waals surface area contributed by atoms with E-state index in [1.165, 1.54) is 12.4 Å². The third kappa shape index (κ3) is 4.05. The molecule has 1 aliphatic heterocycles. The summed E-state index contributed by atoms with van der Waals surface area (Å²) in [5, 5.41) is 0. The van der Waals surface area contributed by atoms with Gasteiger partial charge in [0.15, 0.2) is 5.69 Å². The molecule has 1 aliphatic rings. The highest BCUT2D eigenvalue weighted by Crippen LogP contribution is 2.38. The lowest BCUT2D eigenvalue weighted by molar-refractivity contribution is -0.112. The molecular formula is C21H17BrN2O4. The number of esters is 1. The van der Waals surface area contributed by atoms with Crippen LogP contribution in [0.15, 0.2) is 59.3 Å². The molecule has 142 valence electrons. The summed E-state index contributed by atoms with van der Waals surface area (Å²) in [6.07, 6.45) is 2.43. The second kappa shape index (κ2) is 8.08. The predicted molar refractivity (Wildman–Crippen MR) is 105 cm³/mol. The van der Waals surface area contributed by atoms with Gasteiger partial charge in [-0.05, 0) is 19.1 Å². The molecule has 2 aromatic carbocycles. The molecule has 4 rings (SSSR count). The van der Waals surface area contributed by atoms with Gasteiger partial charge in [0.05, 0.1) is 18.5 Å². The number of ether oxygens (including phenoxy) is 3. The van der Waals surface area contributed by atoms with Gasteiger partial charge in [0.1, 0.15) is 12.4 Å². The van der Waals surface area contributed by atoms with Crippen molar-refractivity contribution in [2.24, 2.45) is 0 Å². The van der Waals surface area contributed by atoms with E-state index in [1.54, 1.807) is 6.92 Å². The number of rotatable bonds is 4. The van der Waals surface area contributed by atoms with Crippen molar-refractivity contribution in [2.45, 2.75) is 26.4 Å². The number of hydrogen-bond donors (Lipinski definition) is 0. The summed E-state index contributed by atoms with van der Waals surface area (Å²) in [6.45, 7) is 2.26. The Morgan fingerprint density at radius 3 is 2.79 bits per heavy atom. The summed E-state index contributed by atoms with van der Waals surface area (Å²) < 4.78 is 18.2. The van der Waals surface area contributed by atoms with E-state index in [2.05, 4.69) is 25.9 Å². The van der Waals surface area contributed by atoms with E-state index in [-0.39, 0.29) is 12.3 Å². The summed E-state index contributed by atoms with van der Waals surface area (Å²) in [4.78, 5) is 20.4. The first-order valence-electron chi connectivity index (χ1n) is 8.70. The Morgan fingerprint density at radius 1 is 1.21 bits per heavy atom. The second-order valence-electron chi connectivity index (χ2n) is 6.34. The molecule has 0 bridgehead atoms. The number of hydrogen-bond acceptors (Lipinski definition) is 6. The Kier molecular flexibility index (Phi) is 5.36. The van der Waals surface area contributed by atoms with Crippen molar-refractivity contribution in [3.05, 3.63) is 87.4 Å². The SMILES string of the molecule is Cc1cnc(C(=O)OCc2cc(Br)cc3c2OC(c2ccccc2)OC3)cn1. The molecule has 0 aliphatic carbocycles. The average Bonchev–Trinajstić information content (AvgIpc) is 2.72. The van der Waals surface area contributed by atoms with Crippen LogP contribution >= 0.6 is 15.9 Å². The van der Waals surface area contributed by atoms with Crippen molar-refractivity contribution in [2.75, 3.05) is 0 Å². The molecule has 2 heterocycles. The molecule has 0 radical (unpaired) electrons. The van der Waals surface area contributed by atoms with E-state index in [0.29, 0.717) is 12.4 Å². The third-order valence-corrected chi connectivity index (χ3v) is 4.70. The monoisotopic (exact) mass is 440 g/mol. The first kappa shape index (κ1) is 18.6. The second-order valence-corrected chi connectivity index (χ2v) is 7.26.